The van der Waals surface area contributed by atoms with Crippen LogP contribution in [0.25, 0.3) is 10.1 Å². The Bertz CT molecular complexity index is 1610. The van der Waals surface area contributed by atoms with Gasteiger partial charge >= 0.3 is 5.51 Å². The molecule has 7 N–H and O–H groups in total. The molecule has 0 aliphatic carbocycles. The average Bonchev–Trinajstić information content (AvgIpc) is 3.26. The van der Waals surface area contributed by atoms with Crippen LogP contribution < -0.4 is 35.4 Å². The quantitative estimate of drug-likeness (QED) is 0.169. The second kappa shape index (κ2) is 11.9. The van der Waals surface area contributed by atoms with Gasteiger partial charge in [-0.1, -0.05) is 6.07 Å². The molecule has 0 amide bonds. The zero-order chi connectivity index (χ0) is 30.1. The Morgan fingerprint density at radius 2 is 1.55 bits per heavy atom. The van der Waals surface area contributed by atoms with E-state index in [2.05, 4.69) is 11.5 Å². The second-order valence-electron chi connectivity index (χ2n) is 8.01. The Kier molecular flexibility index (Phi) is 9.54. The van der Waals surface area contributed by atoms with Gasteiger partial charge in [0, 0.05) is 10.8 Å². The van der Waals surface area contributed by atoms with Gasteiger partial charge in [-0.15, -0.1) is 11.3 Å². The standard InChI is InChI=1S/C20H22F4N3O9PS3/c21-13-7-11(1-2-17(13)39(31,32)20(22,23)24)19(37(28,29)30)27-40(33,34)18-9-12-8-14(35-5-3-25)15(36-6-4-26)10-16(12)38-18/h1-2,7-10,19,27H,3-6,25-26H2,(H2,28,29,30). The summed E-state index contributed by atoms with van der Waals surface area (Å²) in [7, 11) is -16.9. The van der Waals surface area contributed by atoms with Gasteiger partial charge in [0.1, 0.15) is 41.2 Å². The molecule has 0 bridgehead atoms. The molecule has 0 saturated heterocycles. The Morgan fingerprint density at radius 1 is 0.975 bits per heavy atom. The summed E-state index contributed by atoms with van der Waals surface area (Å²) in [6.07, 6.45) is 0. The van der Waals surface area contributed by atoms with Crippen molar-refractivity contribution in [1.29, 1.82) is 0 Å². The molecule has 3 rings (SSSR count). The van der Waals surface area contributed by atoms with E-state index in [1.165, 1.54) is 12.1 Å². The average molecular weight is 652 g/mol. The number of sulfone groups is 1. The van der Waals surface area contributed by atoms with E-state index in [-0.39, 0.29) is 36.8 Å². The van der Waals surface area contributed by atoms with Crippen LogP contribution in [-0.4, -0.2) is 48.6 Å². The van der Waals surface area contributed by atoms with Crippen LogP contribution in [0.15, 0.2) is 45.5 Å². The first-order valence-electron chi connectivity index (χ1n) is 11.0. The van der Waals surface area contributed by atoms with Gasteiger partial charge in [-0.2, -0.15) is 17.9 Å². The molecule has 0 saturated carbocycles. The molecular formula is C20H22F4N3O9PS3. The van der Waals surface area contributed by atoms with E-state index in [1.807, 2.05) is 0 Å². The van der Waals surface area contributed by atoms with Crippen molar-refractivity contribution >= 4 is 48.9 Å². The maximum Gasteiger partial charge on any atom is 0.502 e. The first-order valence-corrected chi connectivity index (χ1v) is 16.4. The lowest BCUT2D eigenvalue weighted by Gasteiger charge is -2.38. The maximum atomic E-state index is 14.4. The maximum absolute atomic E-state index is 14.4. The third kappa shape index (κ3) is 6.92. The SMILES string of the molecule is [NH3+]CCOc1cc2cc(S(=O)(=O)NC(c3ccc(S(=O)(=O)C(F)(F)F)c(F)c3)P(=O)([O-])[O-])sc2cc1OCC[NH3+]. The summed E-state index contributed by atoms with van der Waals surface area (Å²) in [5, 5.41) is 0.336. The molecule has 2 aromatic carbocycles. The lowest BCUT2D eigenvalue weighted by molar-refractivity contribution is -0.372. The number of benzene rings is 2. The summed E-state index contributed by atoms with van der Waals surface area (Å²) in [4.78, 5) is 22.0. The highest BCUT2D eigenvalue weighted by atomic mass is 32.2. The smallest absolute Gasteiger partial charge is 0.502 e. The number of rotatable bonds is 12. The largest absolute Gasteiger partial charge is 0.809 e. The van der Waals surface area contributed by atoms with Crippen molar-refractivity contribution in [1.82, 2.24) is 4.72 Å². The van der Waals surface area contributed by atoms with Gasteiger partial charge < -0.3 is 35.3 Å². The third-order valence-corrected chi connectivity index (χ3v) is 10.8. The summed E-state index contributed by atoms with van der Waals surface area (Å²) < 4.78 is 127. The van der Waals surface area contributed by atoms with Crippen molar-refractivity contribution < 1.29 is 69.7 Å². The van der Waals surface area contributed by atoms with Crippen LogP contribution >= 0.6 is 18.9 Å². The zero-order valence-electron chi connectivity index (χ0n) is 20.1. The van der Waals surface area contributed by atoms with Crippen molar-refractivity contribution in [3.63, 3.8) is 0 Å². The van der Waals surface area contributed by atoms with E-state index in [9.17, 15) is 48.7 Å². The molecule has 40 heavy (non-hydrogen) atoms. The van der Waals surface area contributed by atoms with Crippen molar-refractivity contribution in [2.24, 2.45) is 0 Å². The van der Waals surface area contributed by atoms with Crippen LogP contribution in [0.5, 0.6) is 11.5 Å². The fourth-order valence-corrected chi connectivity index (χ4v) is 8.05. The van der Waals surface area contributed by atoms with E-state index >= 15 is 0 Å². The first kappa shape index (κ1) is 32.2. The molecule has 1 atom stereocenters. The van der Waals surface area contributed by atoms with Crippen LogP contribution in [-0.2, 0) is 24.4 Å². The molecule has 1 unspecified atom stereocenters. The Labute approximate surface area is 229 Å². The van der Waals surface area contributed by atoms with Gasteiger partial charge in [0.25, 0.3) is 19.9 Å². The Balaban J connectivity index is 2.03. The Hall–Kier alpha value is -2.35. The molecule has 12 nitrogen and oxygen atoms in total. The number of alkyl halides is 3. The number of sulfonamides is 1. The van der Waals surface area contributed by atoms with Crippen molar-refractivity contribution in [2.45, 2.75) is 20.4 Å². The number of nitrogens with one attached hydrogen (secondary N) is 1. The first-order chi connectivity index (χ1) is 18.4. The normalized spacial score (nSPS) is 13.9. The zero-order valence-corrected chi connectivity index (χ0v) is 23.5. The summed E-state index contributed by atoms with van der Waals surface area (Å²) >= 11 is 0.658. The van der Waals surface area contributed by atoms with Crippen LogP contribution in [0.3, 0.4) is 0 Å². The van der Waals surface area contributed by atoms with Crippen LogP contribution in [0.2, 0.25) is 0 Å². The van der Waals surface area contributed by atoms with E-state index < -0.39 is 59.2 Å². The fourth-order valence-electron chi connectivity index (χ4n) is 3.30. The molecule has 3 aromatic rings. The van der Waals surface area contributed by atoms with Gasteiger partial charge in [0.15, 0.2) is 11.5 Å². The van der Waals surface area contributed by atoms with Crippen LogP contribution in [0, 0.1) is 5.82 Å². The predicted octanol–water partition coefficient (Wildman–Crippen LogP) is -0.534. The number of fused-ring (bicyclic) bond motifs is 1. The topological polar surface area (TPSA) is 217 Å². The molecule has 222 valence electrons. The molecule has 0 radical (unpaired) electrons. The van der Waals surface area contributed by atoms with Gasteiger partial charge in [-0.05, 0) is 42.8 Å². The molecule has 0 aliphatic heterocycles. The number of quaternary nitrogens is 2. The summed E-state index contributed by atoms with van der Waals surface area (Å²) in [6, 6.07) is 4.59. The number of hydrogen-bond acceptors (Lipinski definition) is 10. The minimum Gasteiger partial charge on any atom is -0.809 e. The third-order valence-electron chi connectivity index (χ3n) is 5.08. The highest BCUT2D eigenvalue weighted by molar-refractivity contribution is 7.92. The van der Waals surface area contributed by atoms with E-state index in [0.717, 1.165) is 6.07 Å². The van der Waals surface area contributed by atoms with Gasteiger partial charge in [-0.3, -0.25) is 0 Å². The lowest BCUT2D eigenvalue weighted by atomic mass is 10.2. The van der Waals surface area contributed by atoms with E-state index in [1.54, 1.807) is 4.72 Å². The number of halogens is 4. The highest BCUT2D eigenvalue weighted by Gasteiger charge is 2.48. The van der Waals surface area contributed by atoms with Crippen LogP contribution in [0.4, 0.5) is 17.6 Å². The number of ether oxygens (including phenoxy) is 2. The molecule has 0 fully saturated rings. The van der Waals surface area contributed by atoms with Gasteiger partial charge in [-0.25, -0.2) is 21.2 Å². The van der Waals surface area contributed by atoms with Crippen molar-refractivity contribution in [2.75, 3.05) is 26.3 Å². The molecule has 0 spiro atoms. The summed E-state index contributed by atoms with van der Waals surface area (Å²) in [5.74, 6) is -4.19. The van der Waals surface area contributed by atoms with Gasteiger partial charge in [0.2, 0.25) is 0 Å². The molecule has 0 aliphatic rings. The molecule has 20 heteroatoms. The summed E-state index contributed by atoms with van der Waals surface area (Å²) in [5.41, 5.74) is 0.502. The molecule has 1 aromatic heterocycles. The van der Waals surface area contributed by atoms with E-state index in [4.69, 9.17) is 9.47 Å². The highest BCUT2D eigenvalue weighted by Crippen LogP contribution is 2.45. The number of hydrogen-bond donors (Lipinski definition) is 3. The van der Waals surface area contributed by atoms with Crippen molar-refractivity contribution in [3.05, 3.63) is 47.8 Å². The Morgan fingerprint density at radius 3 is 2.05 bits per heavy atom. The minimum atomic E-state index is -6.16. The van der Waals surface area contributed by atoms with E-state index in [0.29, 0.717) is 40.6 Å². The number of thiophene rings is 1. The monoisotopic (exact) mass is 651 g/mol. The van der Waals surface area contributed by atoms with Crippen molar-refractivity contribution in [3.8, 4) is 11.5 Å². The molecular weight excluding hydrogens is 629 g/mol. The lowest BCUT2D eigenvalue weighted by Crippen LogP contribution is -2.53. The van der Waals surface area contributed by atoms with Gasteiger partial charge in [0.05, 0.1) is 5.78 Å². The minimum absolute atomic E-state index is 0.0254. The van der Waals surface area contributed by atoms with Crippen LogP contribution in [0.1, 0.15) is 11.3 Å². The predicted molar refractivity (Wildman–Crippen MR) is 129 cm³/mol. The fraction of sp³-hybridized carbons (Fsp3) is 0.300. The molecule has 1 heterocycles. The second-order valence-corrected chi connectivity index (χ2v) is 14.5. The summed E-state index contributed by atoms with van der Waals surface area (Å²) in [6.45, 7) is 1.26.